The lowest BCUT2D eigenvalue weighted by atomic mass is 10.2. The van der Waals surface area contributed by atoms with Crippen LogP contribution in [0.5, 0.6) is 11.6 Å². The Bertz CT molecular complexity index is 604. The number of aryl methyl sites for hydroxylation is 1. The molecule has 0 spiro atoms. The minimum absolute atomic E-state index is 0.146. The van der Waals surface area contributed by atoms with E-state index >= 15 is 0 Å². The summed E-state index contributed by atoms with van der Waals surface area (Å²) in [6, 6.07) is 6.11. The average molecular weight is 263 g/mol. The minimum Gasteiger partial charge on any atom is -0.437 e. The Morgan fingerprint density at radius 1 is 1.39 bits per heavy atom. The zero-order chi connectivity index (χ0) is 13.1. The maximum atomic E-state index is 13.4. The number of aromatic nitrogens is 2. The molecule has 0 fully saturated rings. The summed E-state index contributed by atoms with van der Waals surface area (Å²) < 4.78 is 18.8. The topological polar surface area (TPSA) is 61.0 Å². The van der Waals surface area contributed by atoms with E-state index < -0.39 is 0 Å². The summed E-state index contributed by atoms with van der Waals surface area (Å²) in [7, 11) is 0. The molecule has 0 bridgehead atoms. The van der Waals surface area contributed by atoms with Gasteiger partial charge in [-0.1, -0.05) is 18.3 Å². The van der Waals surface area contributed by atoms with Crippen molar-refractivity contribution in [3.63, 3.8) is 0 Å². The molecular formula is C12H10FN3OS. The summed E-state index contributed by atoms with van der Waals surface area (Å²) in [4.78, 5) is 0.146. The Kier molecular flexibility index (Phi) is 3.47. The molecule has 0 atom stereocenters. The van der Waals surface area contributed by atoms with Crippen molar-refractivity contribution in [1.29, 1.82) is 0 Å². The molecule has 6 heteroatoms. The lowest BCUT2D eigenvalue weighted by Crippen LogP contribution is -2.12. The van der Waals surface area contributed by atoms with Crippen molar-refractivity contribution in [2.45, 2.75) is 6.92 Å². The molecule has 0 saturated carbocycles. The summed E-state index contributed by atoms with van der Waals surface area (Å²) in [5, 5.41) is 7.47. The number of thiocarbonyl (C=S) groups is 1. The number of nitrogens with zero attached hydrogens (tertiary/aromatic N) is 2. The van der Waals surface area contributed by atoms with Gasteiger partial charge in [0.25, 0.3) is 0 Å². The maximum absolute atomic E-state index is 13.4. The first-order chi connectivity index (χ1) is 8.58. The highest BCUT2D eigenvalue weighted by Crippen LogP contribution is 2.23. The van der Waals surface area contributed by atoms with E-state index in [1.165, 1.54) is 12.3 Å². The monoisotopic (exact) mass is 263 g/mol. The molecule has 4 nitrogen and oxygen atoms in total. The van der Waals surface area contributed by atoms with Gasteiger partial charge in [0, 0.05) is 6.07 Å². The predicted molar refractivity (Wildman–Crippen MR) is 69.1 cm³/mol. The molecule has 0 aliphatic rings. The smallest absolute Gasteiger partial charge is 0.249 e. The third-order valence-electron chi connectivity index (χ3n) is 2.31. The molecule has 0 unspecified atom stereocenters. The van der Waals surface area contributed by atoms with E-state index in [0.717, 1.165) is 0 Å². The maximum Gasteiger partial charge on any atom is 0.249 e. The molecule has 0 saturated heterocycles. The summed E-state index contributed by atoms with van der Waals surface area (Å²) in [5.74, 6) is 0.123. The molecule has 92 valence electrons. The number of hydrogen-bond donors (Lipinski definition) is 1. The number of halogens is 1. The minimum atomic E-state index is -0.353. The molecule has 1 heterocycles. The third kappa shape index (κ3) is 2.60. The SMILES string of the molecule is Cc1ccc(Oc2nnccc2C(N)=S)cc1F. The largest absolute Gasteiger partial charge is 0.437 e. The predicted octanol–water partition coefficient (Wildman–Crippen LogP) is 2.35. The quantitative estimate of drug-likeness (QED) is 0.861. The van der Waals surface area contributed by atoms with E-state index in [4.69, 9.17) is 22.7 Å². The second kappa shape index (κ2) is 5.05. The first kappa shape index (κ1) is 12.4. The second-order valence-corrected chi connectivity index (χ2v) is 4.07. The third-order valence-corrected chi connectivity index (χ3v) is 2.53. The molecule has 0 radical (unpaired) electrons. The van der Waals surface area contributed by atoms with Crippen LogP contribution in [0.4, 0.5) is 4.39 Å². The Morgan fingerprint density at radius 3 is 2.83 bits per heavy atom. The van der Waals surface area contributed by atoms with E-state index in [1.54, 1.807) is 25.1 Å². The zero-order valence-corrected chi connectivity index (χ0v) is 10.4. The van der Waals surface area contributed by atoms with Crippen LogP contribution in [-0.4, -0.2) is 15.2 Å². The first-order valence-corrected chi connectivity index (χ1v) is 5.54. The summed E-state index contributed by atoms with van der Waals surface area (Å²) >= 11 is 4.87. The lowest BCUT2D eigenvalue weighted by Gasteiger charge is -2.08. The van der Waals surface area contributed by atoms with Gasteiger partial charge in [0.2, 0.25) is 5.88 Å². The van der Waals surface area contributed by atoms with Crippen LogP contribution < -0.4 is 10.5 Å². The van der Waals surface area contributed by atoms with Gasteiger partial charge in [0.1, 0.15) is 16.6 Å². The van der Waals surface area contributed by atoms with Crippen LogP contribution in [0, 0.1) is 12.7 Å². The lowest BCUT2D eigenvalue weighted by molar-refractivity contribution is 0.449. The van der Waals surface area contributed by atoms with Gasteiger partial charge >= 0.3 is 0 Å². The molecule has 0 amide bonds. The molecule has 2 aromatic rings. The average Bonchev–Trinajstić information content (AvgIpc) is 2.34. The Labute approximate surface area is 109 Å². The normalized spacial score (nSPS) is 10.1. The molecule has 1 aromatic heterocycles. The van der Waals surface area contributed by atoms with Crippen LogP contribution in [0.25, 0.3) is 0 Å². The van der Waals surface area contributed by atoms with Crippen LogP contribution in [-0.2, 0) is 0 Å². The van der Waals surface area contributed by atoms with Crippen molar-refractivity contribution in [2.24, 2.45) is 5.73 Å². The van der Waals surface area contributed by atoms with Crippen molar-refractivity contribution in [1.82, 2.24) is 10.2 Å². The molecule has 18 heavy (non-hydrogen) atoms. The van der Waals surface area contributed by atoms with Crippen molar-refractivity contribution >= 4 is 17.2 Å². The van der Waals surface area contributed by atoms with Gasteiger partial charge in [-0.2, -0.15) is 5.10 Å². The number of rotatable bonds is 3. The fourth-order valence-electron chi connectivity index (χ4n) is 1.33. The van der Waals surface area contributed by atoms with Gasteiger partial charge in [-0.25, -0.2) is 4.39 Å². The Morgan fingerprint density at radius 2 is 2.17 bits per heavy atom. The van der Waals surface area contributed by atoms with Crippen LogP contribution in [0.1, 0.15) is 11.1 Å². The fourth-order valence-corrected chi connectivity index (χ4v) is 1.49. The Hall–Kier alpha value is -2.08. The van der Waals surface area contributed by atoms with Gasteiger partial charge in [-0.05, 0) is 24.6 Å². The zero-order valence-electron chi connectivity index (χ0n) is 9.55. The van der Waals surface area contributed by atoms with E-state index in [-0.39, 0.29) is 16.7 Å². The molecule has 2 N–H and O–H groups in total. The van der Waals surface area contributed by atoms with Crippen LogP contribution in [0.2, 0.25) is 0 Å². The van der Waals surface area contributed by atoms with Gasteiger partial charge in [-0.15, -0.1) is 5.10 Å². The highest BCUT2D eigenvalue weighted by molar-refractivity contribution is 7.80. The standard InChI is InChI=1S/C12H10FN3OS/c1-7-2-3-8(6-10(7)13)17-12-9(11(14)18)4-5-15-16-12/h2-6H,1H3,(H2,14,18). The van der Waals surface area contributed by atoms with Gasteiger partial charge < -0.3 is 10.5 Å². The van der Waals surface area contributed by atoms with E-state index in [0.29, 0.717) is 16.9 Å². The summed E-state index contributed by atoms with van der Waals surface area (Å²) in [6.07, 6.45) is 1.46. The van der Waals surface area contributed by atoms with E-state index in [2.05, 4.69) is 10.2 Å². The summed E-state index contributed by atoms with van der Waals surface area (Å²) in [6.45, 7) is 1.67. The van der Waals surface area contributed by atoms with Crippen molar-refractivity contribution in [2.75, 3.05) is 0 Å². The summed E-state index contributed by atoms with van der Waals surface area (Å²) in [5.41, 5.74) is 6.53. The van der Waals surface area contributed by atoms with Gasteiger partial charge in [-0.3, -0.25) is 0 Å². The molecule has 0 aliphatic carbocycles. The Balaban J connectivity index is 2.34. The fraction of sp³-hybridized carbons (Fsp3) is 0.0833. The van der Waals surface area contributed by atoms with Crippen LogP contribution in [0.3, 0.4) is 0 Å². The van der Waals surface area contributed by atoms with Gasteiger partial charge in [0.05, 0.1) is 11.8 Å². The highest BCUT2D eigenvalue weighted by Gasteiger charge is 2.10. The molecular weight excluding hydrogens is 253 g/mol. The number of benzene rings is 1. The van der Waals surface area contributed by atoms with Crippen molar-refractivity contribution in [3.8, 4) is 11.6 Å². The van der Waals surface area contributed by atoms with Gasteiger partial charge in [0.15, 0.2) is 0 Å². The molecule has 2 rings (SSSR count). The molecule has 0 aliphatic heterocycles. The van der Waals surface area contributed by atoms with E-state index in [1.807, 2.05) is 0 Å². The molecule has 1 aromatic carbocycles. The van der Waals surface area contributed by atoms with Crippen molar-refractivity contribution < 1.29 is 9.13 Å². The van der Waals surface area contributed by atoms with Crippen molar-refractivity contribution in [3.05, 3.63) is 47.4 Å². The van der Waals surface area contributed by atoms with E-state index in [9.17, 15) is 4.39 Å². The van der Waals surface area contributed by atoms with Crippen LogP contribution >= 0.6 is 12.2 Å². The first-order valence-electron chi connectivity index (χ1n) is 5.13. The highest BCUT2D eigenvalue weighted by atomic mass is 32.1. The second-order valence-electron chi connectivity index (χ2n) is 3.63. The number of hydrogen-bond acceptors (Lipinski definition) is 4. The number of nitrogens with two attached hydrogens (primary N) is 1. The van der Waals surface area contributed by atoms with Crippen LogP contribution in [0.15, 0.2) is 30.5 Å². The number of ether oxygens (including phenoxy) is 1.